The summed E-state index contributed by atoms with van der Waals surface area (Å²) in [4.78, 5) is 10.8. The molecule has 0 N–H and O–H groups in total. The van der Waals surface area contributed by atoms with E-state index in [0.717, 1.165) is 61.2 Å². The molecule has 0 aliphatic carbocycles. The summed E-state index contributed by atoms with van der Waals surface area (Å²) in [5.74, 6) is 0.735. The highest BCUT2D eigenvalue weighted by atomic mass is 32.1. The standard InChI is InChI=1S/C62H36N4S/c1-3-16-39-34-56-51(32-37(39)14-1)44-18-6-9-27-54(44)65(56)41-30-31-45-52-33-38-15-2-4-17-40(38)35-57(52)66(58(45)36-41)55-28-13-21-42-43(55)22-11-23-47(42)60-49-20-5-8-26-53(49)63-62(64-60)50-25-12-24-48-46-19-7-10-29-59(46)67-61(48)50/h1-36H. The SMILES string of the molecule is c1ccc2cc3c(cc2c1)c1ccccc1n3-c1ccc2c3cc4ccccc4cc3n(-c3cccc4c(-c5nc(-c6cccc7c6sc6ccccc67)nc6ccccc56)cccc34)c2c1. The van der Waals surface area contributed by atoms with E-state index >= 15 is 0 Å². The number of para-hydroxylation sites is 2. The van der Waals surface area contributed by atoms with E-state index in [1.54, 1.807) is 0 Å². The average molecular weight is 869 g/mol. The molecule has 0 aliphatic heterocycles. The van der Waals surface area contributed by atoms with Gasteiger partial charge in [0.1, 0.15) is 0 Å². The molecule has 15 aromatic rings. The second kappa shape index (κ2) is 13.9. The topological polar surface area (TPSA) is 35.6 Å². The van der Waals surface area contributed by atoms with Gasteiger partial charge in [0.25, 0.3) is 0 Å². The molecule has 0 bridgehead atoms. The highest BCUT2D eigenvalue weighted by molar-refractivity contribution is 7.26. The molecule has 4 nitrogen and oxygen atoms in total. The Kier molecular flexibility index (Phi) is 7.63. The number of fused-ring (bicyclic) bond motifs is 13. The van der Waals surface area contributed by atoms with Crippen LogP contribution in [0.4, 0.5) is 0 Å². The highest BCUT2D eigenvalue weighted by Gasteiger charge is 2.21. The zero-order valence-corrected chi connectivity index (χ0v) is 36.8. The number of nitrogens with zero attached hydrogens (tertiary/aromatic N) is 4. The van der Waals surface area contributed by atoms with E-state index in [-0.39, 0.29) is 0 Å². The molecular formula is C62H36N4S. The molecule has 0 aliphatic rings. The number of hydrogen-bond acceptors (Lipinski definition) is 3. The largest absolute Gasteiger partial charge is 0.309 e. The fourth-order valence-corrected chi connectivity index (χ4v) is 12.3. The Bertz CT molecular complexity index is 4590. The highest BCUT2D eigenvalue weighted by Crippen LogP contribution is 2.44. The quantitative estimate of drug-likeness (QED) is 0.177. The van der Waals surface area contributed by atoms with Crippen molar-refractivity contribution in [3.63, 3.8) is 0 Å². The maximum Gasteiger partial charge on any atom is 0.161 e. The lowest BCUT2D eigenvalue weighted by atomic mass is 9.97. The third-order valence-corrected chi connectivity index (χ3v) is 15.3. The van der Waals surface area contributed by atoms with Crippen LogP contribution in [0.3, 0.4) is 0 Å². The number of thiophene rings is 1. The molecule has 4 aromatic heterocycles. The maximum atomic E-state index is 5.53. The first kappa shape index (κ1) is 36.7. The molecule has 4 heterocycles. The van der Waals surface area contributed by atoms with Crippen molar-refractivity contribution >= 4 is 118 Å². The molecule has 0 spiro atoms. The van der Waals surface area contributed by atoms with Crippen LogP contribution in [-0.4, -0.2) is 19.1 Å². The van der Waals surface area contributed by atoms with Crippen molar-refractivity contribution in [2.45, 2.75) is 0 Å². The van der Waals surface area contributed by atoms with Crippen LogP contribution in [-0.2, 0) is 0 Å². The number of benzene rings is 11. The average Bonchev–Trinajstić information content (AvgIpc) is 4.03. The van der Waals surface area contributed by atoms with Crippen molar-refractivity contribution in [2.24, 2.45) is 0 Å². The Morgan fingerprint density at radius 3 is 1.69 bits per heavy atom. The van der Waals surface area contributed by atoms with Gasteiger partial charge in [-0.2, -0.15) is 0 Å². The van der Waals surface area contributed by atoms with Gasteiger partial charge in [-0.3, -0.25) is 0 Å². The van der Waals surface area contributed by atoms with Crippen LogP contribution in [0.5, 0.6) is 0 Å². The summed E-state index contributed by atoms with van der Waals surface area (Å²) >= 11 is 1.81. The Morgan fingerprint density at radius 1 is 0.328 bits per heavy atom. The van der Waals surface area contributed by atoms with E-state index in [1.807, 2.05) is 11.3 Å². The van der Waals surface area contributed by atoms with Crippen molar-refractivity contribution in [3.05, 3.63) is 218 Å². The van der Waals surface area contributed by atoms with Crippen molar-refractivity contribution < 1.29 is 0 Å². The normalized spacial score (nSPS) is 12.2. The minimum Gasteiger partial charge on any atom is -0.309 e. The Hall–Kier alpha value is -8.64. The molecule has 310 valence electrons. The summed E-state index contributed by atoms with van der Waals surface area (Å²) in [6.07, 6.45) is 0. The summed E-state index contributed by atoms with van der Waals surface area (Å²) in [5, 5.41) is 15.7. The second-order valence-corrected chi connectivity index (χ2v) is 18.7. The lowest BCUT2D eigenvalue weighted by Crippen LogP contribution is -1.99. The van der Waals surface area contributed by atoms with Gasteiger partial charge in [0.2, 0.25) is 0 Å². The van der Waals surface area contributed by atoms with Gasteiger partial charge in [-0.05, 0) is 93.7 Å². The van der Waals surface area contributed by atoms with E-state index in [9.17, 15) is 0 Å². The van der Waals surface area contributed by atoms with Crippen LogP contribution in [0.15, 0.2) is 218 Å². The molecule has 0 fully saturated rings. The van der Waals surface area contributed by atoms with Crippen LogP contribution in [0.25, 0.3) is 141 Å². The minimum atomic E-state index is 0.735. The Balaban J connectivity index is 0.995. The van der Waals surface area contributed by atoms with Gasteiger partial charge in [-0.1, -0.05) is 152 Å². The minimum absolute atomic E-state index is 0.735. The van der Waals surface area contributed by atoms with Crippen LogP contribution in [0, 0.1) is 0 Å². The van der Waals surface area contributed by atoms with E-state index < -0.39 is 0 Å². The lowest BCUT2D eigenvalue weighted by Gasteiger charge is -2.16. The van der Waals surface area contributed by atoms with E-state index in [2.05, 4.69) is 228 Å². The van der Waals surface area contributed by atoms with E-state index in [1.165, 1.54) is 79.8 Å². The second-order valence-electron chi connectivity index (χ2n) is 17.7. The first-order valence-corrected chi connectivity index (χ1v) is 23.6. The summed E-state index contributed by atoms with van der Waals surface area (Å²) in [7, 11) is 0. The molecule has 15 rings (SSSR count). The predicted octanol–water partition coefficient (Wildman–Crippen LogP) is 17.0. The van der Waals surface area contributed by atoms with Crippen LogP contribution in [0.1, 0.15) is 0 Å². The van der Waals surface area contributed by atoms with Crippen LogP contribution < -0.4 is 0 Å². The molecule has 0 atom stereocenters. The maximum absolute atomic E-state index is 5.53. The van der Waals surface area contributed by atoms with Gasteiger partial charge < -0.3 is 9.13 Å². The molecule has 11 aromatic carbocycles. The Labute approximate surface area is 387 Å². The zero-order valence-electron chi connectivity index (χ0n) is 36.0. The van der Waals surface area contributed by atoms with Gasteiger partial charge in [0.15, 0.2) is 5.82 Å². The van der Waals surface area contributed by atoms with Crippen molar-refractivity contribution in [1.29, 1.82) is 0 Å². The molecule has 0 saturated carbocycles. The fourth-order valence-electron chi connectivity index (χ4n) is 11.0. The summed E-state index contributed by atoms with van der Waals surface area (Å²) in [6, 6.07) is 79.8. The summed E-state index contributed by atoms with van der Waals surface area (Å²) < 4.78 is 7.42. The van der Waals surface area contributed by atoms with Crippen molar-refractivity contribution in [3.8, 4) is 34.0 Å². The third kappa shape index (κ3) is 5.34. The molecule has 0 amide bonds. The van der Waals surface area contributed by atoms with E-state index in [0.29, 0.717) is 0 Å². The summed E-state index contributed by atoms with van der Waals surface area (Å²) in [6.45, 7) is 0. The molecule has 0 radical (unpaired) electrons. The van der Waals surface area contributed by atoms with Crippen molar-refractivity contribution in [2.75, 3.05) is 0 Å². The zero-order chi connectivity index (χ0) is 43.7. The number of aromatic nitrogens is 4. The van der Waals surface area contributed by atoms with Gasteiger partial charge in [0.05, 0.1) is 39.0 Å². The smallest absolute Gasteiger partial charge is 0.161 e. The molecule has 5 heteroatoms. The predicted molar refractivity (Wildman–Crippen MR) is 284 cm³/mol. The first-order chi connectivity index (χ1) is 33.2. The monoisotopic (exact) mass is 868 g/mol. The molecule has 67 heavy (non-hydrogen) atoms. The van der Waals surface area contributed by atoms with Gasteiger partial charge in [0, 0.05) is 69.3 Å². The Morgan fingerprint density at radius 2 is 0.896 bits per heavy atom. The molecule has 0 unspecified atom stereocenters. The van der Waals surface area contributed by atoms with Gasteiger partial charge in [-0.25, -0.2) is 9.97 Å². The molecular weight excluding hydrogens is 833 g/mol. The van der Waals surface area contributed by atoms with Gasteiger partial charge in [-0.15, -0.1) is 11.3 Å². The molecule has 0 saturated heterocycles. The number of rotatable bonds is 4. The lowest BCUT2D eigenvalue weighted by molar-refractivity contribution is 1.16. The van der Waals surface area contributed by atoms with E-state index in [4.69, 9.17) is 9.97 Å². The van der Waals surface area contributed by atoms with Crippen LogP contribution >= 0.6 is 11.3 Å². The van der Waals surface area contributed by atoms with Gasteiger partial charge >= 0.3 is 0 Å². The first-order valence-electron chi connectivity index (χ1n) is 22.8. The summed E-state index contributed by atoms with van der Waals surface area (Å²) in [5.41, 5.74) is 10.9. The fraction of sp³-hybridized carbons (Fsp3) is 0. The number of hydrogen-bond donors (Lipinski definition) is 0. The van der Waals surface area contributed by atoms with Crippen molar-refractivity contribution in [1.82, 2.24) is 19.1 Å². The van der Waals surface area contributed by atoms with Crippen LogP contribution in [0.2, 0.25) is 0 Å². The third-order valence-electron chi connectivity index (χ3n) is 14.1.